The van der Waals surface area contributed by atoms with E-state index in [1.165, 1.54) is 0 Å². The summed E-state index contributed by atoms with van der Waals surface area (Å²) in [6, 6.07) is 4.06. The lowest BCUT2D eigenvalue weighted by molar-refractivity contribution is 0.356. The first-order chi connectivity index (χ1) is 8.56. The fourth-order valence-electron chi connectivity index (χ4n) is 1.60. The molecule has 2 heterocycles. The molecule has 0 aliphatic carbocycles. The van der Waals surface area contributed by atoms with Crippen LogP contribution in [0, 0.1) is 6.92 Å². The number of furan rings is 1. The van der Waals surface area contributed by atoms with Crippen molar-refractivity contribution in [2.24, 2.45) is 0 Å². The minimum atomic E-state index is 0.125. The van der Waals surface area contributed by atoms with Gasteiger partial charge in [0.1, 0.15) is 11.5 Å². The van der Waals surface area contributed by atoms with Crippen molar-refractivity contribution in [2.75, 3.05) is 0 Å². The molecule has 0 radical (unpaired) electrons. The van der Waals surface area contributed by atoms with Gasteiger partial charge >= 0.3 is 0 Å². The zero-order chi connectivity index (χ0) is 13.1. The minimum Gasteiger partial charge on any atom is -0.465 e. The van der Waals surface area contributed by atoms with Crippen LogP contribution >= 0.6 is 0 Å². The summed E-state index contributed by atoms with van der Waals surface area (Å²) in [4.78, 5) is 4.31. The van der Waals surface area contributed by atoms with E-state index in [-0.39, 0.29) is 12.0 Å². The molecule has 0 saturated carbocycles. The van der Waals surface area contributed by atoms with Crippen molar-refractivity contribution < 1.29 is 8.94 Å². The third-order valence-electron chi connectivity index (χ3n) is 2.73. The number of hydrogen-bond acceptors (Lipinski definition) is 5. The van der Waals surface area contributed by atoms with Crippen LogP contribution in [0.2, 0.25) is 0 Å². The fourth-order valence-corrected chi connectivity index (χ4v) is 1.60. The Balaban J connectivity index is 1.90. The van der Waals surface area contributed by atoms with Crippen LogP contribution < -0.4 is 5.32 Å². The SMILES string of the molecule is Cc1ccc([C@H](C)NCc2noc(C(C)C)n2)o1. The molecule has 0 fully saturated rings. The number of nitrogens with zero attached hydrogens (tertiary/aromatic N) is 2. The molecule has 98 valence electrons. The van der Waals surface area contributed by atoms with E-state index < -0.39 is 0 Å². The van der Waals surface area contributed by atoms with E-state index in [1.807, 2.05) is 39.8 Å². The van der Waals surface area contributed by atoms with Crippen LogP contribution in [0.5, 0.6) is 0 Å². The number of hydrogen-bond donors (Lipinski definition) is 1. The quantitative estimate of drug-likeness (QED) is 0.882. The molecule has 2 aromatic heterocycles. The van der Waals surface area contributed by atoms with E-state index in [2.05, 4.69) is 15.5 Å². The second kappa shape index (κ2) is 5.35. The molecular formula is C13H19N3O2. The average molecular weight is 249 g/mol. The van der Waals surface area contributed by atoms with Crippen LogP contribution in [0.1, 0.15) is 56.0 Å². The normalized spacial score (nSPS) is 13.2. The van der Waals surface area contributed by atoms with Crippen molar-refractivity contribution in [1.29, 1.82) is 0 Å². The Kier molecular flexibility index (Phi) is 3.81. The molecule has 2 aromatic rings. The summed E-state index contributed by atoms with van der Waals surface area (Å²) in [6.45, 7) is 8.60. The molecule has 0 saturated heterocycles. The monoisotopic (exact) mass is 249 g/mol. The van der Waals surface area contributed by atoms with E-state index in [9.17, 15) is 0 Å². The minimum absolute atomic E-state index is 0.125. The Morgan fingerprint density at radius 3 is 2.61 bits per heavy atom. The summed E-state index contributed by atoms with van der Waals surface area (Å²) >= 11 is 0. The zero-order valence-electron chi connectivity index (χ0n) is 11.2. The lowest BCUT2D eigenvalue weighted by atomic mass is 10.2. The molecule has 0 unspecified atom stereocenters. The van der Waals surface area contributed by atoms with E-state index >= 15 is 0 Å². The fraction of sp³-hybridized carbons (Fsp3) is 0.538. The van der Waals surface area contributed by atoms with Crippen molar-refractivity contribution >= 4 is 0 Å². The van der Waals surface area contributed by atoms with Crippen LogP contribution in [0.4, 0.5) is 0 Å². The largest absolute Gasteiger partial charge is 0.465 e. The molecular weight excluding hydrogens is 230 g/mol. The van der Waals surface area contributed by atoms with Crippen molar-refractivity contribution in [2.45, 2.75) is 46.2 Å². The standard InChI is InChI=1S/C13H19N3O2/c1-8(2)13-15-12(16-18-13)7-14-10(4)11-6-5-9(3)17-11/h5-6,8,10,14H,7H2,1-4H3/t10-/m0/s1. The summed E-state index contributed by atoms with van der Waals surface area (Å²) in [6.07, 6.45) is 0. The first-order valence-electron chi connectivity index (χ1n) is 6.18. The summed E-state index contributed by atoms with van der Waals surface area (Å²) < 4.78 is 10.7. The van der Waals surface area contributed by atoms with E-state index in [1.54, 1.807) is 0 Å². The highest BCUT2D eigenvalue weighted by Crippen LogP contribution is 2.16. The zero-order valence-corrected chi connectivity index (χ0v) is 11.2. The van der Waals surface area contributed by atoms with Gasteiger partial charge in [-0.25, -0.2) is 0 Å². The summed E-state index contributed by atoms with van der Waals surface area (Å²) in [5.74, 6) is 3.44. The molecule has 18 heavy (non-hydrogen) atoms. The summed E-state index contributed by atoms with van der Waals surface area (Å²) in [5.41, 5.74) is 0. The molecule has 2 rings (SSSR count). The van der Waals surface area contributed by atoms with Gasteiger partial charge in [0.05, 0.1) is 12.6 Å². The molecule has 0 aliphatic rings. The van der Waals surface area contributed by atoms with Gasteiger partial charge in [-0.1, -0.05) is 19.0 Å². The Morgan fingerprint density at radius 2 is 2.06 bits per heavy atom. The van der Waals surface area contributed by atoms with E-state index in [0.717, 1.165) is 11.5 Å². The number of aryl methyl sites for hydroxylation is 1. The van der Waals surface area contributed by atoms with E-state index in [4.69, 9.17) is 8.94 Å². The molecule has 0 spiro atoms. The highest BCUT2D eigenvalue weighted by molar-refractivity contribution is 5.09. The molecule has 5 nitrogen and oxygen atoms in total. The van der Waals surface area contributed by atoms with Gasteiger partial charge in [0.2, 0.25) is 5.89 Å². The Morgan fingerprint density at radius 1 is 1.28 bits per heavy atom. The second-order valence-corrected chi connectivity index (χ2v) is 4.75. The third kappa shape index (κ3) is 2.98. The highest BCUT2D eigenvalue weighted by Gasteiger charge is 2.12. The first kappa shape index (κ1) is 12.8. The topological polar surface area (TPSA) is 64.1 Å². The molecule has 0 amide bonds. The van der Waals surface area contributed by atoms with Crippen LogP contribution in [0.15, 0.2) is 21.1 Å². The summed E-state index contributed by atoms with van der Waals surface area (Å²) in [7, 11) is 0. The maximum atomic E-state index is 5.55. The van der Waals surface area contributed by atoms with Crippen molar-refractivity contribution in [3.63, 3.8) is 0 Å². The lowest BCUT2D eigenvalue weighted by Gasteiger charge is -2.08. The van der Waals surface area contributed by atoms with Crippen molar-refractivity contribution in [3.05, 3.63) is 35.4 Å². The van der Waals surface area contributed by atoms with Gasteiger partial charge in [0, 0.05) is 5.92 Å². The van der Waals surface area contributed by atoms with Crippen LogP contribution in [0.25, 0.3) is 0 Å². The smallest absolute Gasteiger partial charge is 0.229 e. The molecule has 0 bridgehead atoms. The summed E-state index contributed by atoms with van der Waals surface area (Å²) in [5, 5.41) is 7.23. The number of rotatable bonds is 5. The maximum Gasteiger partial charge on any atom is 0.229 e. The van der Waals surface area contributed by atoms with Gasteiger partial charge in [-0.15, -0.1) is 0 Å². The number of aromatic nitrogens is 2. The Bertz CT molecular complexity index is 502. The highest BCUT2D eigenvalue weighted by atomic mass is 16.5. The molecule has 1 N–H and O–H groups in total. The van der Waals surface area contributed by atoms with Crippen LogP contribution in [-0.2, 0) is 6.54 Å². The second-order valence-electron chi connectivity index (χ2n) is 4.75. The predicted octanol–water partition coefficient (Wildman–Crippen LogP) is 2.95. The van der Waals surface area contributed by atoms with Crippen molar-refractivity contribution in [1.82, 2.24) is 15.5 Å². The Labute approximate surface area is 107 Å². The van der Waals surface area contributed by atoms with Crippen molar-refractivity contribution in [3.8, 4) is 0 Å². The number of nitrogens with one attached hydrogen (secondary N) is 1. The molecule has 5 heteroatoms. The van der Waals surface area contributed by atoms with Gasteiger partial charge < -0.3 is 14.3 Å². The molecule has 0 aliphatic heterocycles. The van der Waals surface area contributed by atoms with Gasteiger partial charge in [-0.3, -0.25) is 0 Å². The van der Waals surface area contributed by atoms with E-state index in [0.29, 0.717) is 18.3 Å². The maximum absolute atomic E-state index is 5.55. The van der Waals surface area contributed by atoms with Gasteiger partial charge in [0.15, 0.2) is 5.82 Å². The molecule has 0 aromatic carbocycles. The van der Waals surface area contributed by atoms with Crippen LogP contribution in [0.3, 0.4) is 0 Å². The lowest BCUT2D eigenvalue weighted by Crippen LogP contribution is -2.18. The molecule has 1 atom stereocenters. The average Bonchev–Trinajstić information content (AvgIpc) is 2.94. The Hall–Kier alpha value is -1.62. The van der Waals surface area contributed by atoms with Crippen LogP contribution in [-0.4, -0.2) is 10.1 Å². The van der Waals surface area contributed by atoms with Gasteiger partial charge in [-0.2, -0.15) is 4.98 Å². The predicted molar refractivity (Wildman–Crippen MR) is 67.1 cm³/mol. The third-order valence-corrected chi connectivity index (χ3v) is 2.73. The van der Waals surface area contributed by atoms with Gasteiger partial charge in [-0.05, 0) is 26.0 Å². The first-order valence-corrected chi connectivity index (χ1v) is 6.18. The van der Waals surface area contributed by atoms with Gasteiger partial charge in [0.25, 0.3) is 0 Å².